The van der Waals surface area contributed by atoms with Crippen molar-refractivity contribution in [3.05, 3.63) is 28.9 Å². The van der Waals surface area contributed by atoms with Gasteiger partial charge in [0.25, 0.3) is 0 Å². The van der Waals surface area contributed by atoms with Crippen molar-refractivity contribution in [1.29, 1.82) is 0 Å². The summed E-state index contributed by atoms with van der Waals surface area (Å²) in [7, 11) is 1.54. The van der Waals surface area contributed by atoms with Gasteiger partial charge in [-0.3, -0.25) is 9.59 Å². The van der Waals surface area contributed by atoms with Crippen molar-refractivity contribution in [3.63, 3.8) is 0 Å². The Labute approximate surface area is 179 Å². The largest absolute Gasteiger partial charge is 0.496 e. The van der Waals surface area contributed by atoms with Gasteiger partial charge in [-0.2, -0.15) is 5.10 Å². The monoisotopic (exact) mass is 432 g/mol. The average molecular weight is 433 g/mol. The van der Waals surface area contributed by atoms with Crippen LogP contribution in [0.15, 0.2) is 18.2 Å². The van der Waals surface area contributed by atoms with E-state index in [1.165, 1.54) is 11.6 Å². The number of halogens is 1. The molecule has 0 aliphatic heterocycles. The number of benzene rings is 1. The maximum Gasteiger partial charge on any atom is 0.226 e. The topological polar surface area (TPSA) is 113 Å². The lowest BCUT2D eigenvalue weighted by Gasteiger charge is -2.14. The Hall–Kier alpha value is -3.07. The number of hydrogen-bond donors (Lipinski definition) is 3. The number of aromatic amines is 1. The molecular weight excluding hydrogens is 408 g/mol. The van der Waals surface area contributed by atoms with Crippen LogP contribution >= 0.6 is 11.6 Å². The van der Waals surface area contributed by atoms with Crippen LogP contribution in [0.5, 0.6) is 5.75 Å². The first kappa shape index (κ1) is 21.6. The molecule has 9 nitrogen and oxygen atoms in total. The van der Waals surface area contributed by atoms with Crippen LogP contribution in [0.25, 0.3) is 17.0 Å². The Balaban J connectivity index is 1.83. The number of amides is 2. The van der Waals surface area contributed by atoms with Crippen molar-refractivity contribution in [1.82, 2.24) is 25.1 Å². The molecule has 0 aliphatic rings. The van der Waals surface area contributed by atoms with Gasteiger partial charge < -0.3 is 20.4 Å². The Morgan fingerprint density at radius 2 is 2.00 bits per heavy atom. The summed E-state index contributed by atoms with van der Waals surface area (Å²) in [5.41, 5.74) is 2.44. The van der Waals surface area contributed by atoms with E-state index in [-0.39, 0.29) is 30.2 Å². The molecule has 2 heterocycles. The molecule has 1 aromatic carbocycles. The molecule has 0 saturated heterocycles. The van der Waals surface area contributed by atoms with Crippen LogP contribution in [-0.4, -0.2) is 45.3 Å². The Kier molecular flexibility index (Phi) is 6.02. The SMILES string of the molecule is COc1cc(NC(=O)CCNC(C)=O)ccc1-c1nn2nc(C(C)(C)C)c(Cl)c2[nH]1. The molecular formula is C20H25ClN6O3. The molecule has 0 unspecified atom stereocenters. The highest BCUT2D eigenvalue weighted by atomic mass is 35.5. The number of aromatic nitrogens is 4. The second kappa shape index (κ2) is 8.35. The zero-order valence-corrected chi connectivity index (χ0v) is 18.3. The highest BCUT2D eigenvalue weighted by Gasteiger charge is 2.25. The number of hydrogen-bond acceptors (Lipinski definition) is 5. The summed E-state index contributed by atoms with van der Waals surface area (Å²) in [6.45, 7) is 7.79. The standard InChI is InChI=1S/C20H25ClN6O3/c1-11(28)22-9-8-15(29)23-12-6-7-13(14(10-12)30-5)18-24-19-16(21)17(20(2,3)4)25-27(19)26-18/h6-7,10H,8-9H2,1-5H3,(H,22,28)(H,23,29)(H,24,26). The highest BCUT2D eigenvalue weighted by molar-refractivity contribution is 6.34. The van der Waals surface area contributed by atoms with Crippen LogP contribution in [0.1, 0.15) is 39.8 Å². The summed E-state index contributed by atoms with van der Waals surface area (Å²) in [4.78, 5) is 26.1. The summed E-state index contributed by atoms with van der Waals surface area (Å²) in [6.07, 6.45) is 0.174. The Morgan fingerprint density at radius 1 is 1.27 bits per heavy atom. The zero-order chi connectivity index (χ0) is 22.1. The van der Waals surface area contributed by atoms with Gasteiger partial charge in [0.2, 0.25) is 11.8 Å². The van der Waals surface area contributed by atoms with E-state index >= 15 is 0 Å². The number of nitrogens with zero attached hydrogens (tertiary/aromatic N) is 3. The molecule has 30 heavy (non-hydrogen) atoms. The van der Waals surface area contributed by atoms with Gasteiger partial charge in [0, 0.05) is 37.1 Å². The third-order valence-electron chi connectivity index (χ3n) is 4.42. The normalized spacial score (nSPS) is 11.5. The Morgan fingerprint density at radius 3 is 2.60 bits per heavy atom. The lowest BCUT2D eigenvalue weighted by atomic mass is 9.92. The first-order valence-electron chi connectivity index (χ1n) is 9.48. The summed E-state index contributed by atoms with van der Waals surface area (Å²) < 4.78 is 6.97. The summed E-state index contributed by atoms with van der Waals surface area (Å²) in [5, 5.41) is 14.9. The average Bonchev–Trinajstić information content (AvgIpc) is 3.20. The molecule has 160 valence electrons. The van der Waals surface area contributed by atoms with E-state index in [4.69, 9.17) is 16.3 Å². The van der Waals surface area contributed by atoms with Crippen molar-refractivity contribution in [2.24, 2.45) is 0 Å². The van der Waals surface area contributed by atoms with Crippen LogP contribution in [0.4, 0.5) is 5.69 Å². The first-order chi connectivity index (χ1) is 14.1. The molecule has 0 bridgehead atoms. The lowest BCUT2D eigenvalue weighted by Crippen LogP contribution is -2.25. The molecule has 0 spiro atoms. The molecule has 3 rings (SSSR count). The lowest BCUT2D eigenvalue weighted by molar-refractivity contribution is -0.119. The fourth-order valence-corrected chi connectivity index (χ4v) is 3.38. The molecule has 3 N–H and O–H groups in total. The fraction of sp³-hybridized carbons (Fsp3) is 0.400. The summed E-state index contributed by atoms with van der Waals surface area (Å²) in [5.74, 6) is 0.684. The van der Waals surface area contributed by atoms with Gasteiger partial charge >= 0.3 is 0 Å². The number of rotatable bonds is 6. The molecule has 0 fully saturated rings. The van der Waals surface area contributed by atoms with E-state index in [0.29, 0.717) is 33.5 Å². The van der Waals surface area contributed by atoms with Gasteiger partial charge in [-0.15, -0.1) is 9.73 Å². The van der Waals surface area contributed by atoms with Crippen molar-refractivity contribution in [2.75, 3.05) is 19.0 Å². The maximum absolute atomic E-state index is 12.0. The van der Waals surface area contributed by atoms with E-state index in [2.05, 4.69) is 25.8 Å². The van der Waals surface area contributed by atoms with Gasteiger partial charge in [0.15, 0.2) is 11.5 Å². The molecule has 0 aliphatic carbocycles. The smallest absolute Gasteiger partial charge is 0.226 e. The van der Waals surface area contributed by atoms with Gasteiger partial charge in [-0.1, -0.05) is 32.4 Å². The Bertz CT molecular complexity index is 1100. The van der Waals surface area contributed by atoms with Crippen molar-refractivity contribution >= 4 is 34.7 Å². The number of carbonyl (C=O) groups is 2. The van der Waals surface area contributed by atoms with Crippen molar-refractivity contribution in [2.45, 2.75) is 39.5 Å². The van der Waals surface area contributed by atoms with Crippen molar-refractivity contribution in [3.8, 4) is 17.1 Å². The van der Waals surface area contributed by atoms with Crippen LogP contribution in [0.3, 0.4) is 0 Å². The number of nitrogens with one attached hydrogen (secondary N) is 3. The number of fused-ring (bicyclic) bond motifs is 1. The summed E-state index contributed by atoms with van der Waals surface area (Å²) in [6, 6.07) is 5.25. The van der Waals surface area contributed by atoms with E-state index in [1.54, 1.807) is 25.3 Å². The number of H-pyrrole nitrogens is 1. The van der Waals surface area contributed by atoms with Gasteiger partial charge in [-0.05, 0) is 12.1 Å². The fourth-order valence-electron chi connectivity index (χ4n) is 2.94. The predicted molar refractivity (Wildman–Crippen MR) is 115 cm³/mol. The maximum atomic E-state index is 12.0. The van der Waals surface area contributed by atoms with E-state index in [9.17, 15) is 9.59 Å². The number of carbonyl (C=O) groups excluding carboxylic acids is 2. The second-order valence-corrected chi connectivity index (χ2v) is 8.30. The van der Waals surface area contributed by atoms with E-state index < -0.39 is 0 Å². The molecule has 2 aromatic heterocycles. The molecule has 10 heteroatoms. The van der Waals surface area contributed by atoms with Crippen molar-refractivity contribution < 1.29 is 14.3 Å². The minimum atomic E-state index is -0.212. The molecule has 0 radical (unpaired) electrons. The number of ether oxygens (including phenoxy) is 1. The first-order valence-corrected chi connectivity index (χ1v) is 9.85. The third-order valence-corrected chi connectivity index (χ3v) is 4.78. The number of methoxy groups -OCH3 is 1. The van der Waals surface area contributed by atoms with Crippen LogP contribution in [0, 0.1) is 0 Å². The van der Waals surface area contributed by atoms with Gasteiger partial charge in [-0.25, -0.2) is 0 Å². The molecule has 2 amide bonds. The minimum Gasteiger partial charge on any atom is -0.496 e. The highest BCUT2D eigenvalue weighted by Crippen LogP contribution is 2.34. The molecule has 0 atom stereocenters. The predicted octanol–water partition coefficient (Wildman–Crippen LogP) is 3.15. The van der Waals surface area contributed by atoms with Crippen LogP contribution in [0.2, 0.25) is 5.02 Å². The van der Waals surface area contributed by atoms with E-state index in [1.807, 2.05) is 20.8 Å². The van der Waals surface area contributed by atoms with Gasteiger partial charge in [0.1, 0.15) is 10.8 Å². The quantitative estimate of drug-likeness (QED) is 0.553. The van der Waals surface area contributed by atoms with Gasteiger partial charge in [0.05, 0.1) is 18.4 Å². The molecule has 3 aromatic rings. The van der Waals surface area contributed by atoms with E-state index in [0.717, 1.165) is 5.69 Å². The number of anilines is 1. The second-order valence-electron chi connectivity index (χ2n) is 7.92. The third kappa shape index (κ3) is 4.56. The summed E-state index contributed by atoms with van der Waals surface area (Å²) >= 11 is 6.50. The molecule has 0 saturated carbocycles. The van der Waals surface area contributed by atoms with Crippen LogP contribution < -0.4 is 15.4 Å². The zero-order valence-electron chi connectivity index (χ0n) is 17.6. The van der Waals surface area contributed by atoms with Crippen LogP contribution in [-0.2, 0) is 15.0 Å². The minimum absolute atomic E-state index is 0.173.